The lowest BCUT2D eigenvalue weighted by Gasteiger charge is -2.12. The smallest absolute Gasteiger partial charge is 0.257 e. The lowest BCUT2D eigenvalue weighted by molar-refractivity contribution is 0.0977. The lowest BCUT2D eigenvalue weighted by atomic mass is 10.2. The first kappa shape index (κ1) is 27.1. The normalized spacial score (nSPS) is 10.5. The van der Waals surface area contributed by atoms with Crippen molar-refractivity contribution >= 4 is 44.9 Å². The summed E-state index contributed by atoms with van der Waals surface area (Å²) in [5.41, 5.74) is 1.26. The first-order valence-electron chi connectivity index (χ1n) is 11.8. The van der Waals surface area contributed by atoms with E-state index in [1.165, 1.54) is 32.1 Å². The van der Waals surface area contributed by atoms with Crippen LogP contribution in [-0.4, -0.2) is 24.2 Å². The van der Waals surface area contributed by atoms with Crippen molar-refractivity contribution in [1.82, 2.24) is 5.32 Å². The molecule has 0 saturated heterocycles. The molecule has 2 aromatic carbocycles. The molecule has 0 spiro atoms. The molecule has 0 aliphatic heterocycles. The fraction of sp³-hybridized carbons (Fsp3) is 0.462. The van der Waals surface area contributed by atoms with E-state index >= 15 is 0 Å². The molecule has 0 radical (unpaired) electrons. The summed E-state index contributed by atoms with van der Waals surface area (Å²) in [7, 11) is 0. The van der Waals surface area contributed by atoms with Crippen LogP contribution in [0.5, 0.6) is 11.5 Å². The Kier molecular flexibility index (Phi) is 12.9. The highest BCUT2D eigenvalue weighted by atomic mass is 79.9. The van der Waals surface area contributed by atoms with E-state index < -0.39 is 0 Å². The maximum Gasteiger partial charge on any atom is 0.257 e. The molecule has 2 rings (SSSR count). The lowest BCUT2D eigenvalue weighted by Crippen LogP contribution is -2.34. The molecule has 180 valence electrons. The minimum atomic E-state index is -0.286. The summed E-state index contributed by atoms with van der Waals surface area (Å²) in [6.07, 6.45) is 9.24. The van der Waals surface area contributed by atoms with Gasteiger partial charge in [-0.3, -0.25) is 10.1 Å². The Labute approximate surface area is 211 Å². The Balaban J connectivity index is 1.82. The van der Waals surface area contributed by atoms with Crippen LogP contribution in [0.25, 0.3) is 0 Å². The van der Waals surface area contributed by atoms with Gasteiger partial charge in [0, 0.05) is 17.3 Å². The zero-order chi connectivity index (χ0) is 23.9. The molecule has 0 bridgehead atoms. The predicted octanol–water partition coefficient (Wildman–Crippen LogP) is 7.49. The van der Waals surface area contributed by atoms with Gasteiger partial charge >= 0.3 is 0 Å². The van der Waals surface area contributed by atoms with Gasteiger partial charge < -0.3 is 14.8 Å². The average Bonchev–Trinajstić information content (AvgIpc) is 2.80. The van der Waals surface area contributed by atoms with Crippen molar-refractivity contribution in [1.29, 1.82) is 0 Å². The number of carbonyl (C=O) groups excluding carboxylic acids is 1. The molecule has 0 atom stereocenters. The quantitative estimate of drug-likeness (QED) is 0.194. The Morgan fingerprint density at radius 1 is 0.909 bits per heavy atom. The van der Waals surface area contributed by atoms with Crippen LogP contribution >= 0.6 is 28.1 Å². The van der Waals surface area contributed by atoms with Gasteiger partial charge in [0.1, 0.15) is 11.5 Å². The van der Waals surface area contributed by atoms with Crippen LogP contribution in [0.15, 0.2) is 46.9 Å². The number of thiocarbonyl (C=S) groups is 1. The van der Waals surface area contributed by atoms with Crippen molar-refractivity contribution in [3.05, 3.63) is 52.5 Å². The van der Waals surface area contributed by atoms with Gasteiger partial charge in [0.2, 0.25) is 0 Å². The fourth-order valence-corrected chi connectivity index (χ4v) is 3.89. The minimum Gasteiger partial charge on any atom is -0.494 e. The topological polar surface area (TPSA) is 59.6 Å². The molecule has 0 unspecified atom stereocenters. The summed E-state index contributed by atoms with van der Waals surface area (Å²) < 4.78 is 12.4. The molecule has 2 aromatic rings. The van der Waals surface area contributed by atoms with Gasteiger partial charge in [0.25, 0.3) is 5.91 Å². The van der Waals surface area contributed by atoms with Crippen LogP contribution in [0.4, 0.5) is 5.69 Å². The molecule has 0 aliphatic rings. The van der Waals surface area contributed by atoms with Crippen molar-refractivity contribution in [3.8, 4) is 11.5 Å². The number of ether oxygens (including phenoxy) is 2. The van der Waals surface area contributed by atoms with Crippen LogP contribution < -0.4 is 20.1 Å². The SMILES string of the molecule is CCCCCCOc1cccc(NC(=S)NC(=O)c2ccc(OCCCCCC)c(Br)c2)c1. The number of rotatable bonds is 14. The van der Waals surface area contributed by atoms with Crippen molar-refractivity contribution in [2.45, 2.75) is 65.2 Å². The Morgan fingerprint density at radius 3 is 2.27 bits per heavy atom. The first-order valence-corrected chi connectivity index (χ1v) is 13.0. The van der Waals surface area contributed by atoms with Crippen LogP contribution in [0.3, 0.4) is 0 Å². The van der Waals surface area contributed by atoms with Gasteiger partial charge in [-0.1, -0.05) is 58.4 Å². The molecule has 1 amide bonds. The van der Waals surface area contributed by atoms with Crippen LogP contribution in [0, 0.1) is 0 Å². The van der Waals surface area contributed by atoms with Crippen molar-refractivity contribution in [2.75, 3.05) is 18.5 Å². The highest BCUT2D eigenvalue weighted by Crippen LogP contribution is 2.26. The van der Waals surface area contributed by atoms with E-state index in [0.717, 1.165) is 40.9 Å². The third-order valence-electron chi connectivity index (χ3n) is 5.04. The zero-order valence-corrected chi connectivity index (χ0v) is 22.0. The maximum absolute atomic E-state index is 12.6. The second-order valence-corrected chi connectivity index (χ2v) is 9.16. The van der Waals surface area contributed by atoms with Crippen molar-refractivity contribution in [3.63, 3.8) is 0 Å². The van der Waals surface area contributed by atoms with Crippen LogP contribution in [-0.2, 0) is 0 Å². The summed E-state index contributed by atoms with van der Waals surface area (Å²) in [5, 5.41) is 6.00. The van der Waals surface area contributed by atoms with E-state index in [4.69, 9.17) is 21.7 Å². The number of nitrogens with one attached hydrogen (secondary N) is 2. The number of unbranched alkanes of at least 4 members (excludes halogenated alkanes) is 6. The summed E-state index contributed by atoms with van der Waals surface area (Å²) in [6.45, 7) is 5.73. The average molecular weight is 536 g/mol. The number of hydrogen-bond acceptors (Lipinski definition) is 4. The molecule has 33 heavy (non-hydrogen) atoms. The second kappa shape index (κ2) is 15.7. The number of amides is 1. The molecule has 7 heteroatoms. The van der Waals surface area contributed by atoms with E-state index in [-0.39, 0.29) is 11.0 Å². The number of benzene rings is 2. The van der Waals surface area contributed by atoms with Crippen molar-refractivity contribution < 1.29 is 14.3 Å². The van der Waals surface area contributed by atoms with Gasteiger partial charge in [0.05, 0.1) is 17.7 Å². The highest BCUT2D eigenvalue weighted by molar-refractivity contribution is 9.10. The van der Waals surface area contributed by atoms with Gasteiger partial charge in [-0.25, -0.2) is 0 Å². The maximum atomic E-state index is 12.6. The monoisotopic (exact) mass is 534 g/mol. The van der Waals surface area contributed by atoms with E-state index in [1.807, 2.05) is 24.3 Å². The molecule has 0 aliphatic carbocycles. The van der Waals surface area contributed by atoms with E-state index in [1.54, 1.807) is 18.2 Å². The van der Waals surface area contributed by atoms with E-state index in [9.17, 15) is 4.79 Å². The molecule has 0 aromatic heterocycles. The molecule has 0 fully saturated rings. The Hall–Kier alpha value is -2.12. The summed E-state index contributed by atoms with van der Waals surface area (Å²) in [5.74, 6) is 1.22. The third kappa shape index (κ3) is 10.6. The molecule has 2 N–H and O–H groups in total. The first-order chi connectivity index (χ1) is 16.0. The number of anilines is 1. The van der Waals surface area contributed by atoms with Crippen LogP contribution in [0.1, 0.15) is 75.6 Å². The zero-order valence-electron chi connectivity index (χ0n) is 19.6. The highest BCUT2D eigenvalue weighted by Gasteiger charge is 2.11. The van der Waals surface area contributed by atoms with Gasteiger partial charge in [-0.15, -0.1) is 0 Å². The van der Waals surface area contributed by atoms with E-state index in [0.29, 0.717) is 18.8 Å². The third-order valence-corrected chi connectivity index (χ3v) is 5.86. The molecule has 5 nitrogen and oxygen atoms in total. The number of carbonyl (C=O) groups is 1. The Bertz CT molecular complexity index is 892. The van der Waals surface area contributed by atoms with Crippen LogP contribution in [0.2, 0.25) is 0 Å². The largest absolute Gasteiger partial charge is 0.494 e. The predicted molar refractivity (Wildman–Crippen MR) is 144 cm³/mol. The number of hydrogen-bond donors (Lipinski definition) is 2. The molecular weight excluding hydrogens is 500 g/mol. The van der Waals surface area contributed by atoms with Gasteiger partial charge in [-0.2, -0.15) is 0 Å². The minimum absolute atomic E-state index is 0.229. The molecule has 0 heterocycles. The standard InChI is InChI=1S/C26H35BrN2O3S/c1-3-5-7-9-16-31-22-13-11-12-21(19-22)28-26(33)29-25(30)20-14-15-24(23(27)18-20)32-17-10-8-6-4-2/h11-15,18-19H,3-10,16-17H2,1-2H3,(H2,28,29,30,33). The fourth-order valence-electron chi connectivity index (χ4n) is 3.19. The van der Waals surface area contributed by atoms with Gasteiger partial charge in [0.15, 0.2) is 5.11 Å². The van der Waals surface area contributed by atoms with E-state index in [2.05, 4.69) is 40.4 Å². The molecule has 0 saturated carbocycles. The summed E-state index contributed by atoms with van der Waals surface area (Å²) in [4.78, 5) is 12.6. The Morgan fingerprint density at radius 2 is 1.61 bits per heavy atom. The summed E-state index contributed by atoms with van der Waals surface area (Å²) >= 11 is 8.81. The van der Waals surface area contributed by atoms with Crippen molar-refractivity contribution in [2.24, 2.45) is 0 Å². The number of halogens is 1. The van der Waals surface area contributed by atoms with Gasteiger partial charge in [-0.05, 0) is 71.3 Å². The molecular formula is C26H35BrN2O3S. The second-order valence-electron chi connectivity index (χ2n) is 7.90. The summed E-state index contributed by atoms with van der Waals surface area (Å²) in [6, 6.07) is 12.8.